The van der Waals surface area contributed by atoms with Gasteiger partial charge < -0.3 is 14.2 Å². The van der Waals surface area contributed by atoms with E-state index in [0.717, 1.165) is 0 Å². The minimum atomic E-state index is -1.06. The number of non-ortho nitro benzene ring substituents is 1. The predicted octanol–water partition coefficient (Wildman–Crippen LogP) is 1.43. The van der Waals surface area contributed by atoms with E-state index >= 15 is 0 Å². The van der Waals surface area contributed by atoms with Crippen LogP contribution in [-0.4, -0.2) is 29.8 Å². The molecule has 1 heterocycles. The van der Waals surface area contributed by atoms with Crippen LogP contribution in [0, 0.1) is 10.1 Å². The molecule has 100 valence electrons. The van der Waals surface area contributed by atoms with E-state index < -0.39 is 23.2 Å². The second-order valence-electron chi connectivity index (χ2n) is 3.67. The van der Waals surface area contributed by atoms with Crippen molar-refractivity contribution < 1.29 is 28.7 Å². The molecule has 0 spiro atoms. The zero-order valence-electron chi connectivity index (χ0n) is 9.61. The molecule has 1 saturated heterocycles. The van der Waals surface area contributed by atoms with E-state index in [0.29, 0.717) is 0 Å². The standard InChI is InChI=1S/C11H9NO7/c13-10-9(5-6-17-10)19-11(14)18-8-3-1-7(2-4-8)12(15)16/h1-4,9H,5-6H2/t9-/m0/s1. The first kappa shape index (κ1) is 12.8. The van der Waals surface area contributed by atoms with Crippen molar-refractivity contribution in [1.29, 1.82) is 0 Å². The highest BCUT2D eigenvalue weighted by Gasteiger charge is 2.31. The van der Waals surface area contributed by atoms with Gasteiger partial charge in [-0.1, -0.05) is 0 Å². The van der Waals surface area contributed by atoms with Crippen molar-refractivity contribution in [1.82, 2.24) is 0 Å². The summed E-state index contributed by atoms with van der Waals surface area (Å²) in [5.41, 5.74) is -0.125. The first-order valence-corrected chi connectivity index (χ1v) is 5.36. The zero-order valence-corrected chi connectivity index (χ0v) is 9.61. The van der Waals surface area contributed by atoms with Gasteiger partial charge in [-0.25, -0.2) is 9.59 Å². The monoisotopic (exact) mass is 267 g/mol. The molecular weight excluding hydrogens is 258 g/mol. The second kappa shape index (κ2) is 5.34. The van der Waals surface area contributed by atoms with E-state index in [1.165, 1.54) is 24.3 Å². The summed E-state index contributed by atoms with van der Waals surface area (Å²) < 4.78 is 14.1. The van der Waals surface area contributed by atoms with Crippen molar-refractivity contribution in [2.75, 3.05) is 6.61 Å². The molecule has 0 radical (unpaired) electrons. The van der Waals surface area contributed by atoms with Crippen LogP contribution >= 0.6 is 0 Å². The maximum atomic E-state index is 11.3. The van der Waals surface area contributed by atoms with Crippen LogP contribution in [0.4, 0.5) is 10.5 Å². The number of carbonyl (C=O) groups is 2. The number of nitrogens with zero attached hydrogens (tertiary/aromatic N) is 1. The van der Waals surface area contributed by atoms with Crippen molar-refractivity contribution in [2.45, 2.75) is 12.5 Å². The third kappa shape index (κ3) is 3.18. The Labute approximate surface area is 107 Å². The molecule has 19 heavy (non-hydrogen) atoms. The average molecular weight is 267 g/mol. The number of benzene rings is 1. The normalized spacial score (nSPS) is 17.7. The lowest BCUT2D eigenvalue weighted by molar-refractivity contribution is -0.384. The molecule has 0 bridgehead atoms. The molecule has 1 atom stereocenters. The molecule has 8 nitrogen and oxygen atoms in total. The number of carbonyl (C=O) groups excluding carboxylic acids is 2. The van der Waals surface area contributed by atoms with Gasteiger partial charge in [0.1, 0.15) is 5.75 Å². The highest BCUT2D eigenvalue weighted by molar-refractivity contribution is 5.79. The molecule has 0 saturated carbocycles. The Morgan fingerprint density at radius 2 is 2.05 bits per heavy atom. The molecular formula is C11H9NO7. The number of ether oxygens (including phenoxy) is 3. The minimum Gasteiger partial charge on any atom is -0.463 e. The van der Waals surface area contributed by atoms with Crippen LogP contribution in [-0.2, 0) is 14.3 Å². The molecule has 1 aromatic carbocycles. The van der Waals surface area contributed by atoms with E-state index in [4.69, 9.17) is 9.47 Å². The van der Waals surface area contributed by atoms with Crippen LogP contribution in [0.15, 0.2) is 24.3 Å². The van der Waals surface area contributed by atoms with Gasteiger partial charge in [-0.2, -0.15) is 0 Å². The number of rotatable bonds is 3. The Morgan fingerprint density at radius 3 is 2.58 bits per heavy atom. The second-order valence-corrected chi connectivity index (χ2v) is 3.67. The third-order valence-corrected chi connectivity index (χ3v) is 2.37. The molecule has 2 rings (SSSR count). The lowest BCUT2D eigenvalue weighted by Gasteiger charge is -2.08. The maximum Gasteiger partial charge on any atom is 0.514 e. The van der Waals surface area contributed by atoms with Crippen LogP contribution in [0.5, 0.6) is 5.75 Å². The summed E-state index contributed by atoms with van der Waals surface area (Å²) in [6.07, 6.45) is -1.72. The van der Waals surface area contributed by atoms with Crippen LogP contribution < -0.4 is 4.74 Å². The topological polar surface area (TPSA) is 105 Å². The highest BCUT2D eigenvalue weighted by Crippen LogP contribution is 2.18. The first-order valence-electron chi connectivity index (χ1n) is 5.36. The highest BCUT2D eigenvalue weighted by atomic mass is 16.7. The van der Waals surface area contributed by atoms with Gasteiger partial charge in [-0.05, 0) is 12.1 Å². The fourth-order valence-corrected chi connectivity index (χ4v) is 1.46. The van der Waals surface area contributed by atoms with Gasteiger partial charge in [-0.15, -0.1) is 0 Å². The zero-order chi connectivity index (χ0) is 13.8. The number of hydrogen-bond donors (Lipinski definition) is 0. The smallest absolute Gasteiger partial charge is 0.463 e. The molecule has 1 aromatic rings. The number of nitro groups is 1. The van der Waals surface area contributed by atoms with Crippen LogP contribution in [0.1, 0.15) is 6.42 Å². The number of nitro benzene ring substituents is 1. The molecule has 8 heteroatoms. The SMILES string of the molecule is O=C(Oc1ccc([N+](=O)[O-])cc1)O[C@H]1CCOC1=O. The molecule has 1 fully saturated rings. The summed E-state index contributed by atoms with van der Waals surface area (Å²) in [5.74, 6) is -0.525. The van der Waals surface area contributed by atoms with Crippen LogP contribution in [0.3, 0.4) is 0 Å². The van der Waals surface area contributed by atoms with Crippen LogP contribution in [0.25, 0.3) is 0 Å². The lowest BCUT2D eigenvalue weighted by atomic mass is 10.3. The summed E-state index contributed by atoms with van der Waals surface area (Å²) in [6.45, 7) is 0.203. The van der Waals surface area contributed by atoms with Crippen molar-refractivity contribution in [3.8, 4) is 5.75 Å². The van der Waals surface area contributed by atoms with Crippen LogP contribution in [0.2, 0.25) is 0 Å². The van der Waals surface area contributed by atoms with Gasteiger partial charge in [0.05, 0.1) is 11.5 Å². The fraction of sp³-hybridized carbons (Fsp3) is 0.273. The summed E-state index contributed by atoms with van der Waals surface area (Å²) in [6, 6.07) is 4.89. The maximum absolute atomic E-state index is 11.3. The fourth-order valence-electron chi connectivity index (χ4n) is 1.46. The Bertz CT molecular complexity index is 510. The summed E-state index contributed by atoms with van der Waals surface area (Å²) in [4.78, 5) is 32.2. The molecule has 1 aliphatic heterocycles. The quantitative estimate of drug-likeness (QED) is 0.353. The molecule has 0 aromatic heterocycles. The van der Waals surface area contributed by atoms with Crippen molar-refractivity contribution in [3.05, 3.63) is 34.4 Å². The predicted molar refractivity (Wildman–Crippen MR) is 59.6 cm³/mol. The number of esters is 1. The van der Waals surface area contributed by atoms with Gasteiger partial charge in [0.25, 0.3) is 5.69 Å². The Kier molecular flexibility index (Phi) is 3.60. The third-order valence-electron chi connectivity index (χ3n) is 2.37. The summed E-state index contributed by atoms with van der Waals surface area (Å²) >= 11 is 0. The van der Waals surface area contributed by atoms with Gasteiger partial charge in [-0.3, -0.25) is 10.1 Å². The van der Waals surface area contributed by atoms with Crippen molar-refractivity contribution in [2.24, 2.45) is 0 Å². The first-order chi connectivity index (χ1) is 9.06. The van der Waals surface area contributed by atoms with E-state index in [1.54, 1.807) is 0 Å². The summed E-state index contributed by atoms with van der Waals surface area (Å²) in [7, 11) is 0. The molecule has 1 aliphatic rings. The van der Waals surface area contributed by atoms with Gasteiger partial charge >= 0.3 is 12.1 Å². The van der Waals surface area contributed by atoms with Crippen molar-refractivity contribution >= 4 is 17.8 Å². The van der Waals surface area contributed by atoms with E-state index in [1.807, 2.05) is 0 Å². The Hall–Kier alpha value is -2.64. The van der Waals surface area contributed by atoms with Gasteiger partial charge in [0, 0.05) is 18.6 Å². The number of hydrogen-bond acceptors (Lipinski definition) is 7. The lowest BCUT2D eigenvalue weighted by Crippen LogP contribution is -2.24. The van der Waals surface area contributed by atoms with Gasteiger partial charge in [0.2, 0.25) is 6.10 Å². The largest absolute Gasteiger partial charge is 0.514 e. The van der Waals surface area contributed by atoms with E-state index in [2.05, 4.69) is 4.74 Å². The van der Waals surface area contributed by atoms with Gasteiger partial charge in [0.15, 0.2) is 0 Å². The van der Waals surface area contributed by atoms with E-state index in [9.17, 15) is 19.7 Å². The Morgan fingerprint density at radius 1 is 1.37 bits per heavy atom. The Balaban J connectivity index is 1.91. The minimum absolute atomic E-state index is 0.0852. The molecule has 0 aliphatic carbocycles. The molecule has 0 unspecified atom stereocenters. The number of cyclic esters (lactones) is 1. The average Bonchev–Trinajstić information content (AvgIpc) is 2.75. The van der Waals surface area contributed by atoms with E-state index in [-0.39, 0.29) is 24.5 Å². The summed E-state index contributed by atoms with van der Waals surface area (Å²) in [5, 5.41) is 10.4. The molecule has 0 amide bonds. The molecule has 0 N–H and O–H groups in total. The van der Waals surface area contributed by atoms with Crippen molar-refractivity contribution in [3.63, 3.8) is 0 Å².